The Labute approximate surface area is 195 Å². The molecule has 1 heterocycles. The molecule has 0 radical (unpaired) electrons. The Hall–Kier alpha value is -3.64. The standard InChI is InChI=1S/C26H22ClFN2O3/c1-14(2)17-9-6-7-15(3)23(17)29-26(32)30-24-22(18-8-4-5-10-20(18)28)19-13-16(27)11-12-21(19)33-25(24)31/h4-14H,1-3H3,(H2,29,30,32). The molecule has 5 nitrogen and oxygen atoms in total. The van der Waals surface area contributed by atoms with Gasteiger partial charge in [0, 0.05) is 27.2 Å². The molecule has 0 aliphatic rings. The average Bonchev–Trinajstić information content (AvgIpc) is 2.76. The molecule has 0 aliphatic carbocycles. The number of hydrogen-bond donors (Lipinski definition) is 2. The van der Waals surface area contributed by atoms with Gasteiger partial charge in [0.05, 0.1) is 0 Å². The summed E-state index contributed by atoms with van der Waals surface area (Å²) in [6.45, 7) is 5.93. The van der Waals surface area contributed by atoms with E-state index < -0.39 is 17.5 Å². The highest BCUT2D eigenvalue weighted by Crippen LogP contribution is 2.36. The molecule has 0 saturated heterocycles. The van der Waals surface area contributed by atoms with E-state index in [0.717, 1.165) is 11.1 Å². The van der Waals surface area contributed by atoms with Gasteiger partial charge in [-0.25, -0.2) is 14.0 Å². The summed E-state index contributed by atoms with van der Waals surface area (Å²) in [5, 5.41) is 6.21. The summed E-state index contributed by atoms with van der Waals surface area (Å²) in [5.74, 6) is -0.379. The third-order valence-corrected chi connectivity index (χ3v) is 5.65. The number of hydrogen-bond acceptors (Lipinski definition) is 3. The van der Waals surface area contributed by atoms with E-state index in [1.807, 2.05) is 39.0 Å². The normalized spacial score (nSPS) is 11.1. The number of rotatable bonds is 4. The molecule has 4 aromatic rings. The molecule has 0 atom stereocenters. The zero-order valence-corrected chi connectivity index (χ0v) is 19.1. The van der Waals surface area contributed by atoms with Crippen molar-refractivity contribution in [2.75, 3.05) is 10.6 Å². The summed E-state index contributed by atoms with van der Waals surface area (Å²) in [6, 6.07) is 15.8. The number of fused-ring (bicyclic) bond motifs is 1. The van der Waals surface area contributed by atoms with E-state index >= 15 is 0 Å². The Balaban J connectivity index is 1.85. The molecule has 0 unspecified atom stereocenters. The van der Waals surface area contributed by atoms with E-state index in [1.165, 1.54) is 18.2 Å². The fourth-order valence-corrected chi connectivity index (χ4v) is 4.00. The van der Waals surface area contributed by atoms with Crippen molar-refractivity contribution in [3.63, 3.8) is 0 Å². The van der Waals surface area contributed by atoms with Crippen molar-refractivity contribution in [1.82, 2.24) is 0 Å². The number of carbonyl (C=O) groups is 1. The maximum Gasteiger partial charge on any atom is 0.360 e. The molecule has 0 bridgehead atoms. The van der Waals surface area contributed by atoms with E-state index in [4.69, 9.17) is 16.0 Å². The van der Waals surface area contributed by atoms with Gasteiger partial charge in [-0.1, -0.05) is 61.8 Å². The molecule has 0 saturated carbocycles. The van der Waals surface area contributed by atoms with Gasteiger partial charge < -0.3 is 15.1 Å². The molecular formula is C26H22ClFN2O3. The zero-order valence-electron chi connectivity index (χ0n) is 18.3. The summed E-state index contributed by atoms with van der Waals surface area (Å²) in [7, 11) is 0. The second-order valence-electron chi connectivity index (χ2n) is 8.03. The summed E-state index contributed by atoms with van der Waals surface area (Å²) < 4.78 is 20.2. The number of benzene rings is 3. The third kappa shape index (κ3) is 4.47. The lowest BCUT2D eigenvalue weighted by molar-refractivity contribution is 0.262. The topological polar surface area (TPSA) is 71.3 Å². The number of amides is 2. The van der Waals surface area contributed by atoms with E-state index in [-0.39, 0.29) is 28.3 Å². The number of halogens is 2. The lowest BCUT2D eigenvalue weighted by Gasteiger charge is -2.18. The highest BCUT2D eigenvalue weighted by Gasteiger charge is 2.22. The van der Waals surface area contributed by atoms with Crippen LogP contribution in [0.15, 0.2) is 69.9 Å². The molecule has 3 aromatic carbocycles. The molecular weight excluding hydrogens is 443 g/mol. The molecule has 0 spiro atoms. The first-order valence-electron chi connectivity index (χ1n) is 10.4. The van der Waals surface area contributed by atoms with Gasteiger partial charge in [-0.05, 0) is 48.2 Å². The number of carbonyl (C=O) groups excluding carboxylic acids is 1. The van der Waals surface area contributed by atoms with Gasteiger partial charge in [0.2, 0.25) is 0 Å². The predicted octanol–water partition coefficient (Wildman–Crippen LogP) is 7.33. The second-order valence-corrected chi connectivity index (χ2v) is 8.47. The second kappa shape index (κ2) is 9.08. The molecule has 168 valence electrons. The molecule has 2 amide bonds. The van der Waals surface area contributed by atoms with Crippen molar-refractivity contribution < 1.29 is 13.6 Å². The first kappa shape index (κ1) is 22.6. The van der Waals surface area contributed by atoms with Crippen LogP contribution in [0.5, 0.6) is 0 Å². The van der Waals surface area contributed by atoms with Crippen LogP contribution in [0.3, 0.4) is 0 Å². The van der Waals surface area contributed by atoms with E-state index in [1.54, 1.807) is 24.3 Å². The number of urea groups is 1. The quantitative estimate of drug-likeness (QED) is 0.310. The van der Waals surface area contributed by atoms with Crippen LogP contribution in [-0.2, 0) is 0 Å². The van der Waals surface area contributed by atoms with Gasteiger partial charge in [-0.3, -0.25) is 0 Å². The van der Waals surface area contributed by atoms with Crippen LogP contribution in [0, 0.1) is 12.7 Å². The number of aryl methyl sites for hydroxylation is 1. The van der Waals surface area contributed by atoms with Crippen LogP contribution >= 0.6 is 11.6 Å². The number of nitrogens with one attached hydrogen (secondary N) is 2. The van der Waals surface area contributed by atoms with Gasteiger partial charge in [0.1, 0.15) is 17.1 Å². The van der Waals surface area contributed by atoms with E-state index in [2.05, 4.69) is 10.6 Å². The van der Waals surface area contributed by atoms with Gasteiger partial charge >= 0.3 is 11.7 Å². The van der Waals surface area contributed by atoms with Crippen molar-refractivity contribution in [3.8, 4) is 11.1 Å². The van der Waals surface area contributed by atoms with Crippen molar-refractivity contribution in [2.45, 2.75) is 26.7 Å². The minimum absolute atomic E-state index is 0.145. The molecule has 4 rings (SSSR count). The maximum atomic E-state index is 14.8. The fraction of sp³-hybridized carbons (Fsp3) is 0.154. The monoisotopic (exact) mass is 464 g/mol. The molecule has 7 heteroatoms. The molecule has 1 aromatic heterocycles. The van der Waals surface area contributed by atoms with Gasteiger partial charge in [-0.2, -0.15) is 0 Å². The SMILES string of the molecule is Cc1cccc(C(C)C)c1NC(=O)Nc1c(-c2ccccc2F)c2cc(Cl)ccc2oc1=O. The van der Waals surface area contributed by atoms with Crippen molar-refractivity contribution in [3.05, 3.63) is 93.1 Å². The van der Waals surface area contributed by atoms with Crippen molar-refractivity contribution in [2.24, 2.45) is 0 Å². The van der Waals surface area contributed by atoms with Gasteiger partial charge in [0.25, 0.3) is 0 Å². The Morgan fingerprint density at radius 3 is 2.45 bits per heavy atom. The largest absolute Gasteiger partial charge is 0.421 e. The summed E-state index contributed by atoms with van der Waals surface area (Å²) in [6.07, 6.45) is 0. The maximum absolute atomic E-state index is 14.8. The number of para-hydroxylation sites is 1. The van der Waals surface area contributed by atoms with Crippen LogP contribution in [0.4, 0.5) is 20.6 Å². The Morgan fingerprint density at radius 1 is 1.00 bits per heavy atom. The zero-order chi connectivity index (χ0) is 23.7. The third-order valence-electron chi connectivity index (χ3n) is 5.42. The Kier molecular flexibility index (Phi) is 6.20. The van der Waals surface area contributed by atoms with E-state index in [9.17, 15) is 14.0 Å². The molecule has 0 fully saturated rings. The lowest BCUT2D eigenvalue weighted by atomic mass is 9.98. The van der Waals surface area contributed by atoms with Crippen LogP contribution < -0.4 is 16.3 Å². The van der Waals surface area contributed by atoms with Gasteiger partial charge in [-0.15, -0.1) is 0 Å². The Morgan fingerprint density at radius 2 is 1.73 bits per heavy atom. The summed E-state index contributed by atoms with van der Waals surface area (Å²) in [4.78, 5) is 25.9. The first-order valence-corrected chi connectivity index (χ1v) is 10.8. The lowest BCUT2D eigenvalue weighted by Crippen LogP contribution is -2.25. The minimum atomic E-state index is -0.799. The van der Waals surface area contributed by atoms with E-state index in [0.29, 0.717) is 16.1 Å². The minimum Gasteiger partial charge on any atom is -0.421 e. The van der Waals surface area contributed by atoms with Crippen LogP contribution in [0.1, 0.15) is 30.9 Å². The van der Waals surface area contributed by atoms with Crippen LogP contribution in [0.2, 0.25) is 5.02 Å². The highest BCUT2D eigenvalue weighted by atomic mass is 35.5. The summed E-state index contributed by atoms with van der Waals surface area (Å²) >= 11 is 6.17. The summed E-state index contributed by atoms with van der Waals surface area (Å²) in [5.41, 5.74) is 2.09. The highest BCUT2D eigenvalue weighted by molar-refractivity contribution is 6.31. The van der Waals surface area contributed by atoms with Crippen molar-refractivity contribution in [1.29, 1.82) is 0 Å². The smallest absolute Gasteiger partial charge is 0.360 e. The average molecular weight is 465 g/mol. The molecule has 2 N–H and O–H groups in total. The Bertz CT molecular complexity index is 1430. The first-order chi connectivity index (χ1) is 15.8. The molecule has 33 heavy (non-hydrogen) atoms. The van der Waals surface area contributed by atoms with Crippen LogP contribution in [0.25, 0.3) is 22.1 Å². The molecule has 0 aliphatic heterocycles. The van der Waals surface area contributed by atoms with Crippen molar-refractivity contribution >= 4 is 40.0 Å². The predicted molar refractivity (Wildman–Crippen MR) is 131 cm³/mol. The fourth-order valence-electron chi connectivity index (χ4n) is 3.83. The number of anilines is 2. The van der Waals surface area contributed by atoms with Crippen LogP contribution in [-0.4, -0.2) is 6.03 Å². The van der Waals surface area contributed by atoms with Gasteiger partial charge in [0.15, 0.2) is 0 Å².